The number of ether oxygens (including phenoxy) is 1. The van der Waals surface area contributed by atoms with Gasteiger partial charge in [0.25, 0.3) is 0 Å². The van der Waals surface area contributed by atoms with Gasteiger partial charge in [-0.1, -0.05) is 5.21 Å². The van der Waals surface area contributed by atoms with Crippen LogP contribution in [0.15, 0.2) is 6.20 Å². The van der Waals surface area contributed by atoms with E-state index in [9.17, 15) is 4.79 Å². The molecule has 0 fully saturated rings. The molecule has 0 aliphatic heterocycles. The third kappa shape index (κ3) is 4.49. The number of carbonyl (C=O) groups is 1. The maximum atomic E-state index is 11.8. The van der Waals surface area contributed by atoms with Crippen molar-refractivity contribution in [1.29, 1.82) is 0 Å². The average molecular weight is 241 g/mol. The molecule has 1 heterocycles. The second kappa shape index (κ2) is 6.97. The van der Waals surface area contributed by atoms with Gasteiger partial charge in [0, 0.05) is 26.7 Å². The van der Waals surface area contributed by atoms with Gasteiger partial charge >= 0.3 is 0 Å². The van der Waals surface area contributed by atoms with Crippen LogP contribution in [0.3, 0.4) is 0 Å². The molecule has 0 aromatic carbocycles. The van der Waals surface area contributed by atoms with Crippen molar-refractivity contribution in [3.05, 3.63) is 11.9 Å². The highest BCUT2D eigenvalue weighted by molar-refractivity contribution is 5.75. The van der Waals surface area contributed by atoms with Crippen LogP contribution in [0.2, 0.25) is 0 Å². The molecule has 1 amide bonds. The minimum Gasteiger partial charge on any atom is -0.380 e. The second-order valence-corrected chi connectivity index (χ2v) is 3.62. The molecular weight excluding hydrogens is 222 g/mol. The molecule has 0 bridgehead atoms. The summed E-state index contributed by atoms with van der Waals surface area (Å²) in [5.41, 5.74) is 6.08. The topological polar surface area (TPSA) is 86.3 Å². The zero-order valence-electron chi connectivity index (χ0n) is 10.3. The number of carbonyl (C=O) groups excluding carboxylic acids is 1. The Balaban J connectivity index is 2.37. The molecule has 1 rings (SSSR count). The Morgan fingerprint density at radius 3 is 3.00 bits per heavy atom. The second-order valence-electron chi connectivity index (χ2n) is 3.62. The van der Waals surface area contributed by atoms with Gasteiger partial charge in [-0.2, -0.15) is 0 Å². The zero-order valence-corrected chi connectivity index (χ0v) is 10.3. The van der Waals surface area contributed by atoms with Gasteiger partial charge in [0.15, 0.2) is 0 Å². The smallest absolute Gasteiger partial charge is 0.244 e. The van der Waals surface area contributed by atoms with E-state index >= 15 is 0 Å². The Bertz CT molecular complexity index is 352. The lowest BCUT2D eigenvalue weighted by Gasteiger charge is -2.16. The summed E-state index contributed by atoms with van der Waals surface area (Å²) in [7, 11) is 1.74. The van der Waals surface area contributed by atoms with Gasteiger partial charge in [-0.05, 0) is 6.92 Å². The quantitative estimate of drug-likeness (QED) is 0.634. The van der Waals surface area contributed by atoms with Crippen LogP contribution in [0.5, 0.6) is 0 Å². The van der Waals surface area contributed by atoms with Crippen molar-refractivity contribution in [3.8, 4) is 0 Å². The van der Waals surface area contributed by atoms with Gasteiger partial charge in [-0.25, -0.2) is 4.68 Å². The number of hydrogen-bond donors (Lipinski definition) is 1. The molecule has 0 aliphatic rings. The Morgan fingerprint density at radius 2 is 2.41 bits per heavy atom. The molecule has 0 aliphatic carbocycles. The summed E-state index contributed by atoms with van der Waals surface area (Å²) in [6, 6.07) is 0. The van der Waals surface area contributed by atoms with E-state index in [2.05, 4.69) is 10.3 Å². The lowest BCUT2D eigenvalue weighted by Crippen LogP contribution is -2.33. The number of hydrogen-bond acceptors (Lipinski definition) is 5. The van der Waals surface area contributed by atoms with Crippen LogP contribution in [-0.2, 0) is 22.6 Å². The van der Waals surface area contributed by atoms with E-state index < -0.39 is 0 Å². The van der Waals surface area contributed by atoms with E-state index in [4.69, 9.17) is 10.5 Å². The number of likely N-dealkylation sites (N-methyl/N-ethyl adjacent to an activating group) is 1. The predicted molar refractivity (Wildman–Crippen MR) is 62.0 cm³/mol. The molecule has 0 radical (unpaired) electrons. The number of nitrogens with two attached hydrogens (primary N) is 1. The Morgan fingerprint density at radius 1 is 1.65 bits per heavy atom. The van der Waals surface area contributed by atoms with Crippen LogP contribution in [0.4, 0.5) is 0 Å². The molecule has 96 valence electrons. The Kier molecular flexibility index (Phi) is 5.58. The number of rotatable bonds is 7. The fourth-order valence-electron chi connectivity index (χ4n) is 1.24. The molecule has 2 N–H and O–H groups in total. The van der Waals surface area contributed by atoms with Crippen LogP contribution < -0.4 is 5.73 Å². The molecule has 7 heteroatoms. The first-order valence-electron chi connectivity index (χ1n) is 5.58. The maximum Gasteiger partial charge on any atom is 0.244 e. The molecule has 0 atom stereocenters. The van der Waals surface area contributed by atoms with Crippen molar-refractivity contribution in [1.82, 2.24) is 19.9 Å². The molecule has 7 nitrogen and oxygen atoms in total. The number of nitrogens with zero attached hydrogens (tertiary/aromatic N) is 4. The molecule has 0 saturated carbocycles. The predicted octanol–water partition coefficient (Wildman–Crippen LogP) is -0.768. The van der Waals surface area contributed by atoms with Crippen LogP contribution in [0, 0.1) is 0 Å². The fourth-order valence-corrected chi connectivity index (χ4v) is 1.24. The largest absolute Gasteiger partial charge is 0.380 e. The molecule has 17 heavy (non-hydrogen) atoms. The van der Waals surface area contributed by atoms with Gasteiger partial charge in [0.1, 0.15) is 6.54 Å². The average Bonchev–Trinajstić information content (AvgIpc) is 2.77. The third-order valence-corrected chi connectivity index (χ3v) is 2.29. The monoisotopic (exact) mass is 241 g/mol. The van der Waals surface area contributed by atoms with Crippen LogP contribution in [0.1, 0.15) is 12.6 Å². The minimum atomic E-state index is -0.0295. The summed E-state index contributed by atoms with van der Waals surface area (Å²) in [4.78, 5) is 13.4. The van der Waals surface area contributed by atoms with Crippen molar-refractivity contribution >= 4 is 5.91 Å². The summed E-state index contributed by atoms with van der Waals surface area (Å²) in [5.74, 6) is -0.0295. The van der Waals surface area contributed by atoms with Gasteiger partial charge in [0.2, 0.25) is 5.91 Å². The molecule has 0 saturated heterocycles. The van der Waals surface area contributed by atoms with Crippen LogP contribution in [0.25, 0.3) is 0 Å². The van der Waals surface area contributed by atoms with Gasteiger partial charge in [-0.3, -0.25) is 4.79 Å². The first-order valence-corrected chi connectivity index (χ1v) is 5.58. The fraction of sp³-hybridized carbons (Fsp3) is 0.700. The van der Waals surface area contributed by atoms with Crippen LogP contribution in [-0.4, -0.2) is 52.6 Å². The summed E-state index contributed by atoms with van der Waals surface area (Å²) in [6.45, 7) is 4.20. The summed E-state index contributed by atoms with van der Waals surface area (Å²) < 4.78 is 6.67. The zero-order chi connectivity index (χ0) is 12.7. The van der Waals surface area contributed by atoms with E-state index in [0.29, 0.717) is 32.0 Å². The van der Waals surface area contributed by atoms with E-state index in [1.54, 1.807) is 18.1 Å². The van der Waals surface area contributed by atoms with Crippen LogP contribution >= 0.6 is 0 Å². The number of amides is 1. The molecule has 1 aromatic rings. The van der Waals surface area contributed by atoms with Crippen molar-refractivity contribution in [2.24, 2.45) is 5.73 Å². The summed E-state index contributed by atoms with van der Waals surface area (Å²) in [5, 5.41) is 7.63. The molecular formula is C10H19N5O2. The van der Waals surface area contributed by atoms with E-state index in [-0.39, 0.29) is 12.5 Å². The Hall–Kier alpha value is -1.47. The standard InChI is InChI=1S/C10H19N5O2/c1-3-17-5-4-14(2)10(16)8-15-7-9(6-11)12-13-15/h7H,3-6,8,11H2,1-2H3. The normalized spacial score (nSPS) is 10.5. The van der Waals surface area contributed by atoms with Crippen molar-refractivity contribution in [2.45, 2.75) is 20.0 Å². The first kappa shape index (κ1) is 13.6. The summed E-state index contributed by atoms with van der Waals surface area (Å²) >= 11 is 0. The van der Waals surface area contributed by atoms with Gasteiger partial charge in [0.05, 0.1) is 18.5 Å². The highest BCUT2D eigenvalue weighted by Crippen LogP contribution is 1.94. The van der Waals surface area contributed by atoms with E-state index in [1.807, 2.05) is 6.92 Å². The minimum absolute atomic E-state index is 0.0295. The van der Waals surface area contributed by atoms with Crippen molar-refractivity contribution in [3.63, 3.8) is 0 Å². The maximum absolute atomic E-state index is 11.8. The Labute approximate surface area is 101 Å². The molecule has 1 aromatic heterocycles. The van der Waals surface area contributed by atoms with E-state index in [1.165, 1.54) is 4.68 Å². The first-order chi connectivity index (χ1) is 8.17. The van der Waals surface area contributed by atoms with Gasteiger partial charge < -0.3 is 15.4 Å². The lowest BCUT2D eigenvalue weighted by atomic mass is 10.4. The lowest BCUT2D eigenvalue weighted by molar-refractivity contribution is -0.131. The number of aromatic nitrogens is 3. The molecule has 0 spiro atoms. The van der Waals surface area contributed by atoms with Crippen molar-refractivity contribution < 1.29 is 9.53 Å². The van der Waals surface area contributed by atoms with Crippen molar-refractivity contribution in [2.75, 3.05) is 26.8 Å². The highest BCUT2D eigenvalue weighted by Gasteiger charge is 2.10. The summed E-state index contributed by atoms with van der Waals surface area (Å²) in [6.07, 6.45) is 1.67. The van der Waals surface area contributed by atoms with E-state index in [0.717, 1.165) is 0 Å². The van der Waals surface area contributed by atoms with Gasteiger partial charge in [-0.15, -0.1) is 5.10 Å². The SMILES string of the molecule is CCOCCN(C)C(=O)Cn1cc(CN)nn1. The third-order valence-electron chi connectivity index (χ3n) is 2.29. The molecule has 0 unspecified atom stereocenters. The highest BCUT2D eigenvalue weighted by atomic mass is 16.5.